The molecule has 4 nitrogen and oxygen atoms in total. The van der Waals surface area contributed by atoms with E-state index >= 15 is 0 Å². The number of methoxy groups -OCH3 is 1. The maximum atomic E-state index is 12.3. The number of rotatable bonds is 7. The van der Waals surface area contributed by atoms with Gasteiger partial charge < -0.3 is 10.1 Å². The van der Waals surface area contributed by atoms with Crippen LogP contribution in [0, 0.1) is 11.8 Å². The van der Waals surface area contributed by atoms with Crippen LogP contribution in [-0.4, -0.2) is 25.5 Å². The quantitative estimate of drug-likeness (QED) is 0.680. The van der Waals surface area contributed by atoms with Crippen molar-refractivity contribution in [1.29, 1.82) is 0 Å². The molecule has 0 heterocycles. The van der Waals surface area contributed by atoms with E-state index < -0.39 is 0 Å². The van der Waals surface area contributed by atoms with Crippen LogP contribution in [0.15, 0.2) is 42.5 Å². The van der Waals surface area contributed by atoms with Crippen LogP contribution >= 0.6 is 0 Å². The summed E-state index contributed by atoms with van der Waals surface area (Å²) in [4.78, 5) is 24.1. The molecule has 0 aliphatic carbocycles. The Hall–Kier alpha value is -2.36. The smallest absolute Gasteiger partial charge is 0.310 e. The Morgan fingerprint density at radius 3 is 2.19 bits per heavy atom. The second kappa shape index (κ2) is 12.1. The Morgan fingerprint density at radius 2 is 1.63 bits per heavy atom. The van der Waals surface area contributed by atoms with Crippen molar-refractivity contribution in [1.82, 2.24) is 5.32 Å². The van der Waals surface area contributed by atoms with Crippen LogP contribution < -0.4 is 5.32 Å². The average molecular weight is 372 g/mol. The first-order chi connectivity index (χ1) is 12.9. The van der Waals surface area contributed by atoms with Gasteiger partial charge >= 0.3 is 5.97 Å². The van der Waals surface area contributed by atoms with Gasteiger partial charge in [-0.3, -0.25) is 9.59 Å². The normalized spacial score (nSPS) is 11.5. The van der Waals surface area contributed by atoms with Crippen LogP contribution in [0.5, 0.6) is 0 Å². The molecule has 0 radical (unpaired) electrons. The van der Waals surface area contributed by atoms with Gasteiger partial charge in [0.05, 0.1) is 13.0 Å². The minimum Gasteiger partial charge on any atom is -0.469 e. The van der Waals surface area contributed by atoms with Crippen molar-refractivity contribution in [2.75, 3.05) is 13.7 Å². The van der Waals surface area contributed by atoms with Crippen molar-refractivity contribution >= 4 is 22.6 Å². The van der Waals surface area contributed by atoms with Crippen molar-refractivity contribution in [3.05, 3.63) is 48.0 Å². The fraction of sp³-hybridized carbons (Fsp3) is 0.478. The number of unbranched alkanes of at least 4 members (excludes halogenated alkanes) is 1. The molecule has 2 aromatic rings. The molecule has 1 amide bonds. The second-order valence-corrected chi connectivity index (χ2v) is 7.12. The lowest BCUT2D eigenvalue weighted by molar-refractivity contribution is -0.145. The van der Waals surface area contributed by atoms with Crippen molar-refractivity contribution in [3.63, 3.8) is 0 Å². The number of nitrogens with one attached hydrogen (secondary N) is 1. The van der Waals surface area contributed by atoms with Crippen molar-refractivity contribution in [2.24, 2.45) is 11.8 Å². The summed E-state index contributed by atoms with van der Waals surface area (Å²) in [6.45, 7) is 8.73. The van der Waals surface area contributed by atoms with Gasteiger partial charge in [0, 0.05) is 12.1 Å². The summed E-state index contributed by atoms with van der Waals surface area (Å²) in [6.07, 6.45) is 3.32. The van der Waals surface area contributed by atoms with Gasteiger partial charge in [-0.1, -0.05) is 70.9 Å². The van der Waals surface area contributed by atoms with Crippen molar-refractivity contribution in [3.8, 4) is 0 Å². The predicted octanol–water partition coefficient (Wildman–Crippen LogP) is 5.21. The fourth-order valence-corrected chi connectivity index (χ4v) is 2.65. The first kappa shape index (κ1) is 22.7. The van der Waals surface area contributed by atoms with Crippen LogP contribution in [0.3, 0.4) is 0 Å². The van der Waals surface area contributed by atoms with Gasteiger partial charge in [0.2, 0.25) is 0 Å². The topological polar surface area (TPSA) is 55.4 Å². The van der Waals surface area contributed by atoms with Crippen LogP contribution in [0.4, 0.5) is 0 Å². The average Bonchev–Trinajstić information content (AvgIpc) is 2.69. The molecule has 2 aromatic carbocycles. The first-order valence-corrected chi connectivity index (χ1v) is 9.77. The highest BCUT2D eigenvalue weighted by atomic mass is 16.5. The van der Waals surface area contributed by atoms with Crippen molar-refractivity contribution in [2.45, 2.75) is 47.0 Å². The number of hydrogen-bond acceptors (Lipinski definition) is 3. The fourth-order valence-electron chi connectivity index (χ4n) is 2.65. The molecule has 0 saturated heterocycles. The molecule has 0 bridgehead atoms. The molecule has 148 valence electrons. The van der Waals surface area contributed by atoms with E-state index in [1.165, 1.54) is 20.0 Å². The number of fused-ring (bicyclic) bond motifs is 1. The van der Waals surface area contributed by atoms with Gasteiger partial charge in [-0.05, 0) is 35.2 Å². The highest BCUT2D eigenvalue weighted by Gasteiger charge is 2.21. The summed E-state index contributed by atoms with van der Waals surface area (Å²) < 4.78 is 4.82. The highest BCUT2D eigenvalue weighted by molar-refractivity contribution is 5.98. The van der Waals surface area contributed by atoms with E-state index in [0.29, 0.717) is 17.9 Å². The van der Waals surface area contributed by atoms with E-state index in [9.17, 15) is 9.59 Å². The predicted molar refractivity (Wildman–Crippen MR) is 112 cm³/mol. The number of carbonyl (C=O) groups excluding carboxylic acids is 2. The Balaban J connectivity index is 0.000000828. The number of carbonyl (C=O) groups is 2. The summed E-state index contributed by atoms with van der Waals surface area (Å²) in [7, 11) is 1.38. The summed E-state index contributed by atoms with van der Waals surface area (Å²) in [6, 6.07) is 13.5. The maximum Gasteiger partial charge on any atom is 0.310 e. The van der Waals surface area contributed by atoms with Gasteiger partial charge in [-0.25, -0.2) is 0 Å². The monoisotopic (exact) mass is 371 g/mol. The zero-order chi connectivity index (χ0) is 20.2. The number of esters is 1. The largest absolute Gasteiger partial charge is 0.469 e. The molecule has 1 atom stereocenters. The van der Waals surface area contributed by atoms with Crippen LogP contribution in [0.25, 0.3) is 10.8 Å². The molecule has 0 fully saturated rings. The third-order valence-electron chi connectivity index (χ3n) is 4.31. The zero-order valence-corrected chi connectivity index (χ0v) is 17.2. The summed E-state index contributed by atoms with van der Waals surface area (Å²) >= 11 is 0. The van der Waals surface area contributed by atoms with E-state index in [0.717, 1.165) is 10.8 Å². The molecular weight excluding hydrogens is 338 g/mol. The van der Waals surface area contributed by atoms with E-state index in [1.807, 2.05) is 50.2 Å². The van der Waals surface area contributed by atoms with Gasteiger partial charge in [0.15, 0.2) is 0 Å². The Kier molecular flexibility index (Phi) is 10.2. The molecule has 0 aliphatic rings. The Labute approximate surface area is 163 Å². The molecule has 4 heteroatoms. The second-order valence-electron chi connectivity index (χ2n) is 7.12. The standard InChI is InChI=1S/C19H23NO3.C4H10/c1-13(2)10-17(19(22)23-3)12-20-18(21)16-9-8-14-6-4-5-7-15(14)11-16;1-3-4-2/h4-9,11,13,17H,10,12H2,1-3H3,(H,20,21);3-4H2,1-2H3/t17-;/m0./s1. The summed E-state index contributed by atoms with van der Waals surface area (Å²) in [5.74, 6) is -0.410. The molecule has 0 spiro atoms. The van der Waals surface area contributed by atoms with E-state index in [-0.39, 0.29) is 24.3 Å². The highest BCUT2D eigenvalue weighted by Crippen LogP contribution is 2.16. The van der Waals surface area contributed by atoms with E-state index in [1.54, 1.807) is 6.07 Å². The molecule has 0 aromatic heterocycles. The first-order valence-electron chi connectivity index (χ1n) is 9.77. The molecular formula is C23H33NO3. The molecule has 0 unspecified atom stereocenters. The van der Waals surface area contributed by atoms with Crippen LogP contribution in [0.1, 0.15) is 57.3 Å². The summed E-state index contributed by atoms with van der Waals surface area (Å²) in [5.41, 5.74) is 0.594. The summed E-state index contributed by atoms with van der Waals surface area (Å²) in [5, 5.41) is 4.96. The number of hydrogen-bond donors (Lipinski definition) is 1. The molecule has 27 heavy (non-hydrogen) atoms. The van der Waals surface area contributed by atoms with Crippen LogP contribution in [-0.2, 0) is 9.53 Å². The van der Waals surface area contributed by atoms with E-state index in [4.69, 9.17) is 4.74 Å². The van der Waals surface area contributed by atoms with Crippen molar-refractivity contribution < 1.29 is 14.3 Å². The zero-order valence-electron chi connectivity index (χ0n) is 17.2. The van der Waals surface area contributed by atoms with Gasteiger partial charge in [0.25, 0.3) is 5.91 Å². The lowest BCUT2D eigenvalue weighted by atomic mass is 9.97. The third kappa shape index (κ3) is 7.81. The molecule has 0 aliphatic heterocycles. The third-order valence-corrected chi connectivity index (χ3v) is 4.31. The molecule has 0 saturated carbocycles. The van der Waals surface area contributed by atoms with E-state index in [2.05, 4.69) is 19.2 Å². The van der Waals surface area contributed by atoms with Gasteiger partial charge in [-0.2, -0.15) is 0 Å². The van der Waals surface area contributed by atoms with Crippen LogP contribution in [0.2, 0.25) is 0 Å². The van der Waals surface area contributed by atoms with Gasteiger partial charge in [-0.15, -0.1) is 0 Å². The number of ether oxygens (including phenoxy) is 1. The lowest BCUT2D eigenvalue weighted by Gasteiger charge is -2.17. The minimum atomic E-state index is -0.315. The molecule has 1 N–H and O–H groups in total. The number of amides is 1. The Bertz CT molecular complexity index is 722. The number of benzene rings is 2. The molecule has 2 rings (SSSR count). The minimum absolute atomic E-state index is 0.173. The maximum absolute atomic E-state index is 12.3. The lowest BCUT2D eigenvalue weighted by Crippen LogP contribution is -2.34. The van der Waals surface area contributed by atoms with Gasteiger partial charge in [0.1, 0.15) is 0 Å². The Morgan fingerprint density at radius 1 is 1.00 bits per heavy atom. The SMILES string of the molecule is CCCC.COC(=O)[C@H](CNC(=O)c1ccc2ccccc2c1)CC(C)C.